The first kappa shape index (κ1) is 17.6. The van der Waals surface area contributed by atoms with Crippen molar-refractivity contribution in [2.24, 2.45) is 0 Å². The first-order valence-corrected chi connectivity index (χ1v) is 7.55. The Labute approximate surface area is 129 Å². The zero-order chi connectivity index (χ0) is 16.6. The van der Waals surface area contributed by atoms with Crippen molar-refractivity contribution >= 4 is 22.6 Å². The summed E-state index contributed by atoms with van der Waals surface area (Å²) in [5.74, 6) is 1.61. The van der Waals surface area contributed by atoms with E-state index in [4.69, 9.17) is 22.3 Å². The van der Waals surface area contributed by atoms with Crippen molar-refractivity contribution in [1.82, 2.24) is 0 Å². The Balaban J connectivity index is 0.000000422. The summed E-state index contributed by atoms with van der Waals surface area (Å²) in [5.41, 5.74) is 1.96. The zero-order valence-corrected chi connectivity index (χ0v) is 12.5. The van der Waals surface area contributed by atoms with Gasteiger partial charge in [0.2, 0.25) is 0 Å². The highest BCUT2D eigenvalue weighted by Gasteiger charge is 2.03. The minimum absolute atomic E-state index is 0.803. The van der Waals surface area contributed by atoms with Crippen LogP contribution in [-0.2, 0) is 10.4 Å². The second-order valence-corrected chi connectivity index (χ2v) is 4.93. The van der Waals surface area contributed by atoms with Crippen molar-refractivity contribution in [2.45, 2.75) is 0 Å². The maximum Gasteiger partial charge on any atom is 0.394 e. The molecule has 0 unspecified atom stereocenters. The van der Waals surface area contributed by atoms with Crippen LogP contribution in [0, 0.1) is 0 Å². The second kappa shape index (κ2) is 8.14. The number of ether oxygens (including phenoxy) is 1. The Bertz CT molecular complexity index is 693. The van der Waals surface area contributed by atoms with Gasteiger partial charge in [-0.2, -0.15) is 8.42 Å². The predicted molar refractivity (Wildman–Crippen MR) is 87.3 cm³/mol. The van der Waals surface area contributed by atoms with Gasteiger partial charge in [-0.05, 0) is 12.1 Å². The first-order chi connectivity index (χ1) is 10.3. The molecule has 2 aromatic rings. The van der Waals surface area contributed by atoms with E-state index in [1.807, 2.05) is 48.5 Å². The molecule has 0 saturated carbocycles. The van der Waals surface area contributed by atoms with Crippen molar-refractivity contribution < 1.29 is 22.3 Å². The van der Waals surface area contributed by atoms with Crippen molar-refractivity contribution in [3.8, 4) is 11.5 Å². The molecule has 116 valence electrons. The number of para-hydroxylation sites is 2. The van der Waals surface area contributed by atoms with E-state index in [2.05, 4.69) is 13.2 Å². The Morgan fingerprint density at radius 1 is 0.818 bits per heavy atom. The third-order valence-electron chi connectivity index (χ3n) is 2.50. The van der Waals surface area contributed by atoms with E-state index in [0.29, 0.717) is 0 Å². The first-order valence-electron chi connectivity index (χ1n) is 6.16. The molecule has 2 rings (SSSR count). The molecule has 0 aliphatic carbocycles. The SMILES string of the molecule is C=Cc1ccccc1Oc1ccccc1C=C.O=S(=O)(O)O. The van der Waals surface area contributed by atoms with Crippen LogP contribution in [0.5, 0.6) is 11.5 Å². The predicted octanol–water partition coefficient (Wildman–Crippen LogP) is 4.11. The summed E-state index contributed by atoms with van der Waals surface area (Å²) >= 11 is 0. The molecule has 0 aliphatic heterocycles. The van der Waals surface area contributed by atoms with Crippen molar-refractivity contribution in [3.63, 3.8) is 0 Å². The third-order valence-corrected chi connectivity index (χ3v) is 2.50. The number of hydrogen-bond acceptors (Lipinski definition) is 3. The molecule has 0 atom stereocenters. The lowest BCUT2D eigenvalue weighted by molar-refractivity contribution is 0.381. The largest absolute Gasteiger partial charge is 0.456 e. The van der Waals surface area contributed by atoms with E-state index in [1.165, 1.54) is 0 Å². The average molecular weight is 320 g/mol. The molecule has 0 aliphatic rings. The van der Waals surface area contributed by atoms with E-state index >= 15 is 0 Å². The minimum atomic E-state index is -4.67. The van der Waals surface area contributed by atoms with E-state index in [1.54, 1.807) is 12.2 Å². The maximum absolute atomic E-state index is 8.74. The summed E-state index contributed by atoms with van der Waals surface area (Å²) in [6.45, 7) is 7.55. The topological polar surface area (TPSA) is 83.8 Å². The molecule has 6 heteroatoms. The van der Waals surface area contributed by atoms with E-state index < -0.39 is 10.4 Å². The van der Waals surface area contributed by atoms with Crippen LogP contribution in [0.3, 0.4) is 0 Å². The van der Waals surface area contributed by atoms with E-state index in [0.717, 1.165) is 22.6 Å². The van der Waals surface area contributed by atoms with Crippen molar-refractivity contribution in [2.75, 3.05) is 0 Å². The highest BCUT2D eigenvalue weighted by molar-refractivity contribution is 7.79. The van der Waals surface area contributed by atoms with Crippen LogP contribution in [0.1, 0.15) is 11.1 Å². The fourth-order valence-corrected chi connectivity index (χ4v) is 1.60. The van der Waals surface area contributed by atoms with Gasteiger partial charge in [-0.3, -0.25) is 9.11 Å². The molecule has 2 N–H and O–H groups in total. The van der Waals surface area contributed by atoms with Gasteiger partial charge in [0.1, 0.15) is 11.5 Å². The zero-order valence-electron chi connectivity index (χ0n) is 11.7. The maximum atomic E-state index is 8.74. The van der Waals surface area contributed by atoms with Gasteiger partial charge >= 0.3 is 10.4 Å². The van der Waals surface area contributed by atoms with Gasteiger partial charge in [0, 0.05) is 11.1 Å². The molecule has 2 aromatic carbocycles. The van der Waals surface area contributed by atoms with Crippen LogP contribution in [0.25, 0.3) is 12.2 Å². The smallest absolute Gasteiger partial charge is 0.394 e. The van der Waals surface area contributed by atoms with Gasteiger partial charge < -0.3 is 4.74 Å². The van der Waals surface area contributed by atoms with Gasteiger partial charge in [0.15, 0.2) is 0 Å². The standard InChI is InChI=1S/C16H14O.H2O4S/c1-3-13-9-5-7-11-15(13)17-16-12-8-6-10-14(16)4-2;1-5(2,3)4/h3-12H,1-2H2;(H2,1,2,3,4). The molecule has 0 bridgehead atoms. The third kappa shape index (κ3) is 6.36. The molecule has 0 amide bonds. The van der Waals surface area contributed by atoms with Crippen LogP contribution >= 0.6 is 0 Å². The van der Waals surface area contributed by atoms with Crippen LogP contribution in [0.2, 0.25) is 0 Å². The summed E-state index contributed by atoms with van der Waals surface area (Å²) in [4.78, 5) is 0. The van der Waals surface area contributed by atoms with Gasteiger partial charge in [0.25, 0.3) is 0 Å². The molecule has 0 heterocycles. The summed E-state index contributed by atoms with van der Waals surface area (Å²) in [5, 5.41) is 0. The monoisotopic (exact) mass is 320 g/mol. The fraction of sp³-hybridized carbons (Fsp3) is 0. The number of rotatable bonds is 4. The lowest BCUT2D eigenvalue weighted by Gasteiger charge is -2.10. The summed E-state index contributed by atoms with van der Waals surface area (Å²) in [7, 11) is -4.67. The lowest BCUT2D eigenvalue weighted by Crippen LogP contribution is -1.89. The second-order valence-electron chi connectivity index (χ2n) is 4.03. The Morgan fingerprint density at radius 2 is 1.14 bits per heavy atom. The van der Waals surface area contributed by atoms with Gasteiger partial charge in [-0.1, -0.05) is 61.7 Å². The average Bonchev–Trinajstić information content (AvgIpc) is 2.46. The quantitative estimate of drug-likeness (QED) is 0.828. The Morgan fingerprint density at radius 3 is 1.45 bits per heavy atom. The van der Waals surface area contributed by atoms with Gasteiger partial charge in [-0.25, -0.2) is 0 Å². The molecular formula is C16H16O5S. The van der Waals surface area contributed by atoms with Crippen LogP contribution < -0.4 is 4.74 Å². The minimum Gasteiger partial charge on any atom is -0.456 e. The van der Waals surface area contributed by atoms with Crippen molar-refractivity contribution in [1.29, 1.82) is 0 Å². The molecule has 0 aromatic heterocycles. The van der Waals surface area contributed by atoms with Crippen LogP contribution in [0.4, 0.5) is 0 Å². The molecule has 0 fully saturated rings. The van der Waals surface area contributed by atoms with Gasteiger partial charge in [0.05, 0.1) is 0 Å². The summed E-state index contributed by atoms with van der Waals surface area (Å²) in [6.07, 6.45) is 3.57. The molecule has 0 spiro atoms. The molecule has 5 nitrogen and oxygen atoms in total. The van der Waals surface area contributed by atoms with Crippen LogP contribution in [0.15, 0.2) is 61.7 Å². The van der Waals surface area contributed by atoms with Gasteiger partial charge in [-0.15, -0.1) is 0 Å². The Hall–Kier alpha value is -2.41. The summed E-state index contributed by atoms with van der Waals surface area (Å²) in [6, 6.07) is 15.6. The summed E-state index contributed by atoms with van der Waals surface area (Å²) < 4.78 is 37.5. The highest BCUT2D eigenvalue weighted by atomic mass is 32.3. The normalized spacial score (nSPS) is 10.1. The highest BCUT2D eigenvalue weighted by Crippen LogP contribution is 2.28. The molecular weight excluding hydrogens is 304 g/mol. The lowest BCUT2D eigenvalue weighted by atomic mass is 10.2. The molecule has 0 radical (unpaired) electrons. The van der Waals surface area contributed by atoms with E-state index in [-0.39, 0.29) is 0 Å². The fourth-order valence-electron chi connectivity index (χ4n) is 1.60. The van der Waals surface area contributed by atoms with Crippen molar-refractivity contribution in [3.05, 3.63) is 72.8 Å². The molecule has 0 saturated heterocycles. The molecule has 22 heavy (non-hydrogen) atoms. The Kier molecular flexibility index (Phi) is 6.52. The van der Waals surface area contributed by atoms with E-state index in [9.17, 15) is 0 Å². The number of benzene rings is 2. The van der Waals surface area contributed by atoms with Crippen LogP contribution in [-0.4, -0.2) is 17.5 Å². The number of hydrogen-bond donors (Lipinski definition) is 2.